The number of hydrogen-bond donors (Lipinski definition) is 2. The van der Waals surface area contributed by atoms with Crippen molar-refractivity contribution in [3.8, 4) is 0 Å². The molecule has 0 aliphatic carbocycles. The zero-order valence-electron chi connectivity index (χ0n) is 14.5. The molecule has 0 bridgehead atoms. The molecule has 0 saturated heterocycles. The first-order chi connectivity index (χ1) is 12.8. The summed E-state index contributed by atoms with van der Waals surface area (Å²) in [5, 5.41) is 13.8. The number of nitrogens with one attached hydrogen (secondary N) is 1. The number of benzene rings is 1. The molecule has 2 atom stereocenters. The largest absolute Gasteiger partial charge is 0.459 e. The molecule has 1 aromatic heterocycles. The summed E-state index contributed by atoms with van der Waals surface area (Å²) in [6, 6.07) is 13.4. The fourth-order valence-electron chi connectivity index (χ4n) is 2.76. The highest BCUT2D eigenvalue weighted by Gasteiger charge is 2.29. The molecule has 2 N–H and O–H groups in total. The number of para-hydroxylation sites is 1. The van der Waals surface area contributed by atoms with Crippen molar-refractivity contribution in [2.24, 2.45) is 0 Å². The van der Waals surface area contributed by atoms with E-state index in [2.05, 4.69) is 11.4 Å². The van der Waals surface area contributed by atoms with Gasteiger partial charge in [0.25, 0.3) is 5.91 Å². The number of thiophene rings is 1. The maximum Gasteiger partial charge on any atom is 0.290 e. The highest BCUT2D eigenvalue weighted by molar-refractivity contribution is 7.10. The van der Waals surface area contributed by atoms with Crippen LogP contribution in [0.5, 0.6) is 0 Å². The number of amides is 1. The molecule has 5 nitrogen and oxygen atoms in total. The Balaban J connectivity index is 1.69. The second-order valence-electron chi connectivity index (χ2n) is 6.06. The number of anilines is 1. The molecule has 2 heterocycles. The molecular weight excluding hydrogens is 350 g/mol. The molecule has 1 aromatic carbocycles. The molecule has 2 aromatic rings. The van der Waals surface area contributed by atoms with Crippen LogP contribution >= 0.6 is 11.3 Å². The standard InChI is InChI=1S/C20H23NO4S/c22-10-4-5-11-24-19-14-15(18-9-6-12-26-18)13-17(25-19)20(23)21-16-7-2-1-3-8-16/h1-3,6-9,12-13,15,19,22H,4-5,10-11,14H2,(H,21,23)/t15-,19+/m0/s1. The summed E-state index contributed by atoms with van der Waals surface area (Å²) in [5.74, 6) is 0.0928. The lowest BCUT2D eigenvalue weighted by atomic mass is 9.99. The Hall–Kier alpha value is -2.15. The van der Waals surface area contributed by atoms with E-state index in [9.17, 15) is 4.79 Å². The topological polar surface area (TPSA) is 67.8 Å². The third kappa shape index (κ3) is 5.17. The van der Waals surface area contributed by atoms with Gasteiger partial charge in [0, 0.05) is 29.5 Å². The Kier molecular flexibility index (Phi) is 6.82. The Morgan fingerprint density at radius 1 is 1.23 bits per heavy atom. The average molecular weight is 373 g/mol. The van der Waals surface area contributed by atoms with Gasteiger partial charge in [-0.15, -0.1) is 11.3 Å². The van der Waals surface area contributed by atoms with Gasteiger partial charge in [0.15, 0.2) is 5.76 Å². The van der Waals surface area contributed by atoms with Gasteiger partial charge in [-0.2, -0.15) is 0 Å². The van der Waals surface area contributed by atoms with Crippen LogP contribution in [0.4, 0.5) is 5.69 Å². The number of carbonyl (C=O) groups excluding carboxylic acids is 1. The minimum absolute atomic E-state index is 0.0862. The minimum Gasteiger partial charge on any atom is -0.459 e. The van der Waals surface area contributed by atoms with Gasteiger partial charge in [-0.25, -0.2) is 0 Å². The van der Waals surface area contributed by atoms with Crippen LogP contribution in [0.3, 0.4) is 0 Å². The normalized spacial score (nSPS) is 19.5. The Labute approximate surface area is 157 Å². The molecule has 0 spiro atoms. The number of rotatable bonds is 8. The summed E-state index contributed by atoms with van der Waals surface area (Å²) >= 11 is 1.66. The third-order valence-corrected chi connectivity index (χ3v) is 5.08. The van der Waals surface area contributed by atoms with Crippen LogP contribution in [-0.2, 0) is 14.3 Å². The number of aliphatic hydroxyl groups excluding tert-OH is 1. The summed E-state index contributed by atoms with van der Waals surface area (Å²) in [6.45, 7) is 0.646. The lowest BCUT2D eigenvalue weighted by molar-refractivity contribution is -0.143. The molecule has 0 saturated carbocycles. The Bertz CT molecular complexity index is 715. The lowest BCUT2D eigenvalue weighted by Gasteiger charge is -2.28. The van der Waals surface area contributed by atoms with E-state index < -0.39 is 6.29 Å². The second kappa shape index (κ2) is 9.52. The lowest BCUT2D eigenvalue weighted by Crippen LogP contribution is -2.29. The molecule has 6 heteroatoms. The summed E-state index contributed by atoms with van der Waals surface area (Å²) in [5.41, 5.74) is 0.723. The summed E-state index contributed by atoms with van der Waals surface area (Å²) in [4.78, 5) is 13.8. The van der Waals surface area contributed by atoms with Gasteiger partial charge in [-0.1, -0.05) is 24.3 Å². The predicted octanol–water partition coefficient (Wildman–Crippen LogP) is 3.89. The molecule has 1 aliphatic rings. The van der Waals surface area contributed by atoms with Crippen LogP contribution < -0.4 is 5.32 Å². The number of aliphatic hydroxyl groups is 1. The highest BCUT2D eigenvalue weighted by atomic mass is 32.1. The first-order valence-electron chi connectivity index (χ1n) is 8.77. The monoisotopic (exact) mass is 373 g/mol. The fraction of sp³-hybridized carbons (Fsp3) is 0.350. The van der Waals surface area contributed by atoms with Gasteiger partial charge in [-0.3, -0.25) is 4.79 Å². The van der Waals surface area contributed by atoms with Crippen molar-refractivity contribution in [2.45, 2.75) is 31.5 Å². The van der Waals surface area contributed by atoms with Gasteiger partial charge in [0.1, 0.15) is 0 Å². The number of carbonyl (C=O) groups is 1. The van der Waals surface area contributed by atoms with E-state index >= 15 is 0 Å². The van der Waals surface area contributed by atoms with Crippen molar-refractivity contribution >= 4 is 22.9 Å². The smallest absolute Gasteiger partial charge is 0.290 e. The maximum absolute atomic E-state index is 12.6. The third-order valence-electron chi connectivity index (χ3n) is 4.08. The Morgan fingerprint density at radius 3 is 2.81 bits per heavy atom. The summed E-state index contributed by atoms with van der Waals surface area (Å²) in [6.07, 6.45) is 3.52. The molecule has 0 fully saturated rings. The van der Waals surface area contributed by atoms with Crippen LogP contribution in [0, 0.1) is 0 Å². The van der Waals surface area contributed by atoms with Crippen molar-refractivity contribution < 1.29 is 19.4 Å². The molecule has 138 valence electrons. The first kappa shape index (κ1) is 18.6. The van der Waals surface area contributed by atoms with Crippen LogP contribution in [0.15, 0.2) is 59.7 Å². The van der Waals surface area contributed by atoms with Crippen LogP contribution in [-0.4, -0.2) is 30.5 Å². The quantitative estimate of drug-likeness (QED) is 0.689. The van der Waals surface area contributed by atoms with Crippen molar-refractivity contribution in [2.75, 3.05) is 18.5 Å². The van der Waals surface area contributed by atoms with Crippen molar-refractivity contribution in [1.29, 1.82) is 0 Å². The van der Waals surface area contributed by atoms with E-state index in [0.717, 1.165) is 12.1 Å². The zero-order chi connectivity index (χ0) is 18.2. The van der Waals surface area contributed by atoms with Gasteiger partial charge >= 0.3 is 0 Å². The molecular formula is C20H23NO4S. The molecule has 0 radical (unpaired) electrons. The van der Waals surface area contributed by atoms with E-state index in [0.29, 0.717) is 19.4 Å². The molecule has 3 rings (SSSR count). The van der Waals surface area contributed by atoms with Crippen LogP contribution in [0.25, 0.3) is 0 Å². The minimum atomic E-state index is -0.470. The number of allylic oxidation sites excluding steroid dienone is 1. The molecule has 0 unspecified atom stereocenters. The van der Waals surface area contributed by atoms with Gasteiger partial charge < -0.3 is 19.9 Å². The molecule has 1 amide bonds. The van der Waals surface area contributed by atoms with E-state index in [1.54, 1.807) is 11.3 Å². The fourth-order valence-corrected chi connectivity index (χ4v) is 3.57. The molecule has 26 heavy (non-hydrogen) atoms. The number of ether oxygens (including phenoxy) is 2. The Morgan fingerprint density at radius 2 is 2.08 bits per heavy atom. The van der Waals surface area contributed by atoms with Gasteiger partial charge in [0.2, 0.25) is 6.29 Å². The molecule has 1 aliphatic heterocycles. The van der Waals surface area contributed by atoms with Gasteiger partial charge in [0.05, 0.1) is 6.61 Å². The summed E-state index contributed by atoms with van der Waals surface area (Å²) < 4.78 is 11.6. The maximum atomic E-state index is 12.6. The first-order valence-corrected chi connectivity index (χ1v) is 9.65. The van der Waals surface area contributed by atoms with Crippen LogP contribution in [0.2, 0.25) is 0 Å². The van der Waals surface area contributed by atoms with E-state index in [1.807, 2.05) is 47.9 Å². The van der Waals surface area contributed by atoms with Crippen LogP contribution in [0.1, 0.15) is 30.1 Å². The van der Waals surface area contributed by atoms with Gasteiger partial charge in [-0.05, 0) is 42.5 Å². The van der Waals surface area contributed by atoms with Crippen molar-refractivity contribution in [3.05, 3.63) is 64.6 Å². The summed E-state index contributed by atoms with van der Waals surface area (Å²) in [7, 11) is 0. The average Bonchev–Trinajstić information content (AvgIpc) is 3.21. The van der Waals surface area contributed by atoms with E-state index in [1.165, 1.54) is 4.88 Å². The van der Waals surface area contributed by atoms with E-state index in [-0.39, 0.29) is 24.2 Å². The SMILES string of the molecule is O=C(Nc1ccccc1)C1=C[C@H](c2cccs2)C[C@H](OCCCCO)O1. The highest BCUT2D eigenvalue weighted by Crippen LogP contribution is 2.34. The number of unbranched alkanes of at least 4 members (excludes halogenated alkanes) is 1. The van der Waals surface area contributed by atoms with Crippen molar-refractivity contribution in [3.63, 3.8) is 0 Å². The van der Waals surface area contributed by atoms with E-state index in [4.69, 9.17) is 14.6 Å². The zero-order valence-corrected chi connectivity index (χ0v) is 15.3. The number of hydrogen-bond acceptors (Lipinski definition) is 5. The second-order valence-corrected chi connectivity index (χ2v) is 7.04. The predicted molar refractivity (Wildman–Crippen MR) is 102 cm³/mol. The van der Waals surface area contributed by atoms with Crippen molar-refractivity contribution in [1.82, 2.24) is 0 Å².